The maximum atomic E-state index is 13.0. The number of aromatic nitrogens is 2. The Morgan fingerprint density at radius 1 is 1.12 bits per heavy atom. The number of nitrogens with one attached hydrogen (secondary N) is 2. The molecule has 0 aliphatic rings. The van der Waals surface area contributed by atoms with E-state index in [-0.39, 0.29) is 18.5 Å². The average Bonchev–Trinajstić information content (AvgIpc) is 3.27. The molecular formula is C23H27N5O3S. The first-order valence-electron chi connectivity index (χ1n) is 10.2. The molecule has 3 amide bonds. The quantitative estimate of drug-likeness (QED) is 0.514. The molecule has 2 aromatic heterocycles. The lowest BCUT2D eigenvalue weighted by Gasteiger charge is -2.23. The van der Waals surface area contributed by atoms with Crippen LogP contribution in [-0.2, 0) is 17.8 Å². The molecule has 168 valence electrons. The molecule has 0 atom stereocenters. The molecule has 0 bridgehead atoms. The summed E-state index contributed by atoms with van der Waals surface area (Å²) in [5.74, 6) is -0.257. The van der Waals surface area contributed by atoms with Crippen molar-refractivity contribution in [3.63, 3.8) is 0 Å². The minimum absolute atomic E-state index is 0.238. The number of ether oxygens (including phenoxy) is 1. The van der Waals surface area contributed by atoms with Crippen LogP contribution in [0.15, 0.2) is 48.1 Å². The molecule has 0 aliphatic carbocycles. The van der Waals surface area contributed by atoms with Crippen LogP contribution in [-0.4, -0.2) is 47.1 Å². The summed E-state index contributed by atoms with van der Waals surface area (Å²) in [5, 5.41) is 8.22. The number of rotatable bonds is 9. The predicted molar refractivity (Wildman–Crippen MR) is 125 cm³/mol. The molecular weight excluding hydrogens is 426 g/mol. The topological polar surface area (TPSA) is 96.4 Å². The van der Waals surface area contributed by atoms with Gasteiger partial charge >= 0.3 is 6.03 Å². The van der Waals surface area contributed by atoms with E-state index in [9.17, 15) is 9.59 Å². The van der Waals surface area contributed by atoms with Crippen LogP contribution in [0.5, 0.6) is 0 Å². The maximum Gasteiger partial charge on any atom is 0.322 e. The Kier molecular flexibility index (Phi) is 8.29. The second-order valence-corrected chi connectivity index (χ2v) is 8.22. The van der Waals surface area contributed by atoms with E-state index < -0.39 is 0 Å². The first-order valence-corrected chi connectivity index (χ1v) is 11.1. The highest BCUT2D eigenvalue weighted by Gasteiger charge is 2.19. The number of carbonyl (C=O) groups excluding carboxylic acids is 2. The predicted octanol–water partition coefficient (Wildman–Crippen LogP) is 3.77. The molecule has 32 heavy (non-hydrogen) atoms. The fraction of sp³-hybridized carbons (Fsp3) is 0.304. The Hall–Kier alpha value is -3.30. The van der Waals surface area contributed by atoms with E-state index in [0.717, 1.165) is 22.4 Å². The van der Waals surface area contributed by atoms with E-state index in [1.54, 1.807) is 29.8 Å². The number of aryl methyl sites for hydroxylation is 2. The second-order valence-electron chi connectivity index (χ2n) is 7.28. The van der Waals surface area contributed by atoms with Gasteiger partial charge in [0.25, 0.3) is 5.91 Å². The van der Waals surface area contributed by atoms with Crippen LogP contribution in [0.3, 0.4) is 0 Å². The zero-order valence-corrected chi connectivity index (χ0v) is 19.2. The van der Waals surface area contributed by atoms with Gasteiger partial charge in [0.2, 0.25) is 0 Å². The molecule has 0 aliphatic heterocycles. The molecule has 0 saturated heterocycles. The summed E-state index contributed by atoms with van der Waals surface area (Å²) >= 11 is 1.35. The van der Waals surface area contributed by atoms with Crippen LogP contribution < -0.4 is 10.6 Å². The highest BCUT2D eigenvalue weighted by molar-refractivity contribution is 7.09. The summed E-state index contributed by atoms with van der Waals surface area (Å²) < 4.78 is 5.17. The van der Waals surface area contributed by atoms with E-state index in [1.807, 2.05) is 44.2 Å². The van der Waals surface area contributed by atoms with Crippen LogP contribution in [0.4, 0.5) is 10.5 Å². The van der Waals surface area contributed by atoms with Gasteiger partial charge in [0.15, 0.2) is 0 Å². The monoisotopic (exact) mass is 453 g/mol. The molecule has 0 fully saturated rings. The van der Waals surface area contributed by atoms with Crippen LogP contribution >= 0.6 is 11.3 Å². The highest BCUT2D eigenvalue weighted by atomic mass is 32.1. The summed E-state index contributed by atoms with van der Waals surface area (Å²) in [6, 6.07) is 9.32. The molecule has 0 spiro atoms. The van der Waals surface area contributed by atoms with Crippen LogP contribution in [0, 0.1) is 13.8 Å². The van der Waals surface area contributed by atoms with E-state index in [2.05, 4.69) is 20.6 Å². The summed E-state index contributed by atoms with van der Waals surface area (Å²) in [6.45, 7) is 5.38. The summed E-state index contributed by atoms with van der Waals surface area (Å²) in [4.78, 5) is 35.4. The van der Waals surface area contributed by atoms with Gasteiger partial charge in [-0.25, -0.2) is 9.78 Å². The average molecular weight is 454 g/mol. The zero-order chi connectivity index (χ0) is 22.9. The van der Waals surface area contributed by atoms with Crippen molar-refractivity contribution < 1.29 is 14.3 Å². The second kappa shape index (κ2) is 11.4. The van der Waals surface area contributed by atoms with Crippen molar-refractivity contribution in [3.8, 4) is 0 Å². The Labute approximate surface area is 191 Å². The van der Waals surface area contributed by atoms with Gasteiger partial charge in [0.1, 0.15) is 10.7 Å². The van der Waals surface area contributed by atoms with Crippen molar-refractivity contribution in [1.82, 2.24) is 20.2 Å². The first kappa shape index (κ1) is 23.4. The molecule has 2 heterocycles. The van der Waals surface area contributed by atoms with Gasteiger partial charge in [-0.1, -0.05) is 18.2 Å². The van der Waals surface area contributed by atoms with Crippen molar-refractivity contribution in [2.24, 2.45) is 0 Å². The van der Waals surface area contributed by atoms with Gasteiger partial charge in [-0.15, -0.1) is 11.3 Å². The van der Waals surface area contributed by atoms with E-state index >= 15 is 0 Å². The number of hydrogen-bond acceptors (Lipinski definition) is 6. The number of para-hydroxylation sites is 1. The van der Waals surface area contributed by atoms with Gasteiger partial charge in [-0.3, -0.25) is 9.78 Å². The number of benzene rings is 1. The number of methoxy groups -OCH3 is 1. The molecule has 3 rings (SSSR count). The molecule has 2 N–H and O–H groups in total. The molecule has 0 saturated carbocycles. The third kappa shape index (κ3) is 6.35. The maximum absolute atomic E-state index is 13.0. The number of urea groups is 1. The minimum Gasteiger partial charge on any atom is -0.383 e. The van der Waals surface area contributed by atoms with Gasteiger partial charge < -0.3 is 20.3 Å². The van der Waals surface area contributed by atoms with Crippen LogP contribution in [0.25, 0.3) is 0 Å². The lowest BCUT2D eigenvalue weighted by Crippen LogP contribution is -2.37. The number of anilines is 1. The Morgan fingerprint density at radius 2 is 1.84 bits per heavy atom. The Bertz CT molecular complexity index is 1030. The molecule has 0 radical (unpaired) electrons. The number of pyridine rings is 1. The summed E-state index contributed by atoms with van der Waals surface area (Å²) in [7, 11) is 1.59. The standard InChI is InChI=1S/C23H27N5O3S/c1-16-5-4-6-17(2)21(16)27-23(30)28(11-12-31-3)14-20-26-19(15-32-20)22(29)25-13-18-7-9-24-10-8-18/h4-10,15H,11-14H2,1-3H3,(H,25,29)(H,27,30). The van der Waals surface area contributed by atoms with Crippen molar-refractivity contribution in [2.45, 2.75) is 26.9 Å². The smallest absolute Gasteiger partial charge is 0.322 e. The number of amides is 3. The minimum atomic E-state index is -0.257. The van der Waals surface area contributed by atoms with Crippen molar-refractivity contribution in [2.75, 3.05) is 25.6 Å². The number of carbonyl (C=O) groups is 2. The van der Waals surface area contributed by atoms with Crippen LogP contribution in [0.2, 0.25) is 0 Å². The number of nitrogens with zero attached hydrogens (tertiary/aromatic N) is 3. The third-order valence-electron chi connectivity index (χ3n) is 4.88. The molecule has 1 aromatic carbocycles. The van der Waals surface area contributed by atoms with Crippen molar-refractivity contribution in [3.05, 3.63) is 75.5 Å². The van der Waals surface area contributed by atoms with E-state index in [4.69, 9.17) is 4.74 Å². The van der Waals surface area contributed by atoms with Crippen molar-refractivity contribution >= 4 is 29.0 Å². The van der Waals surface area contributed by atoms with Gasteiger partial charge in [-0.05, 0) is 42.7 Å². The van der Waals surface area contributed by atoms with Crippen molar-refractivity contribution in [1.29, 1.82) is 0 Å². The number of thiazole rings is 1. The highest BCUT2D eigenvalue weighted by Crippen LogP contribution is 2.21. The zero-order valence-electron chi connectivity index (χ0n) is 18.4. The molecule has 0 unspecified atom stereocenters. The fourth-order valence-electron chi connectivity index (χ4n) is 3.08. The van der Waals surface area contributed by atoms with Crippen LogP contribution in [0.1, 0.15) is 32.2 Å². The molecule has 3 aromatic rings. The lowest BCUT2D eigenvalue weighted by molar-refractivity contribution is 0.0946. The Morgan fingerprint density at radius 3 is 2.53 bits per heavy atom. The lowest BCUT2D eigenvalue weighted by atomic mass is 10.1. The normalized spacial score (nSPS) is 10.6. The van der Waals surface area contributed by atoms with E-state index in [1.165, 1.54) is 11.3 Å². The summed E-state index contributed by atoms with van der Waals surface area (Å²) in [5.41, 5.74) is 4.08. The van der Waals surface area contributed by atoms with Gasteiger partial charge in [0, 0.05) is 43.7 Å². The van der Waals surface area contributed by atoms with E-state index in [0.29, 0.717) is 30.4 Å². The fourth-order valence-corrected chi connectivity index (χ4v) is 3.86. The summed E-state index contributed by atoms with van der Waals surface area (Å²) in [6.07, 6.45) is 3.36. The Balaban J connectivity index is 1.64. The van der Waals surface area contributed by atoms with Gasteiger partial charge in [-0.2, -0.15) is 0 Å². The largest absolute Gasteiger partial charge is 0.383 e. The first-order chi connectivity index (χ1) is 15.5. The molecule has 9 heteroatoms. The molecule has 8 nitrogen and oxygen atoms in total. The number of hydrogen-bond donors (Lipinski definition) is 2. The SMILES string of the molecule is COCCN(Cc1nc(C(=O)NCc2ccncc2)cs1)C(=O)Nc1c(C)cccc1C. The van der Waals surface area contributed by atoms with Gasteiger partial charge in [0.05, 0.1) is 13.2 Å². The third-order valence-corrected chi connectivity index (χ3v) is 5.71.